The first kappa shape index (κ1) is 16.1. The minimum absolute atomic E-state index is 0.00250. The number of hydrogen-bond acceptors (Lipinski definition) is 3. The van der Waals surface area contributed by atoms with E-state index in [4.69, 9.17) is 11.6 Å². The van der Waals surface area contributed by atoms with Gasteiger partial charge in [0.1, 0.15) is 11.4 Å². The topological polar surface area (TPSA) is 70.4 Å². The van der Waals surface area contributed by atoms with Gasteiger partial charge in [-0.1, -0.05) is 29.3 Å². The molecule has 0 aliphatic rings. The lowest BCUT2D eigenvalue weighted by molar-refractivity contribution is 0.477. The molecule has 2 aromatic carbocycles. The number of nitrogens with zero attached hydrogens (tertiary/aromatic N) is 2. The monoisotopic (exact) mass is 341 g/mol. The van der Waals surface area contributed by atoms with Crippen LogP contribution in [-0.4, -0.2) is 21.1 Å². The van der Waals surface area contributed by atoms with E-state index in [0.717, 1.165) is 11.3 Å². The van der Waals surface area contributed by atoms with Gasteiger partial charge in [-0.3, -0.25) is 14.9 Å². The molecule has 0 aliphatic heterocycles. The number of nitrogens with one attached hydrogen (secondary N) is 1. The fourth-order valence-electron chi connectivity index (χ4n) is 2.32. The lowest BCUT2D eigenvalue weighted by Crippen LogP contribution is -2.17. The molecule has 0 atom stereocenters. The number of aromatic hydroxyl groups is 1. The summed E-state index contributed by atoms with van der Waals surface area (Å²) in [6, 6.07) is 12.2. The van der Waals surface area contributed by atoms with Crippen molar-refractivity contribution in [2.45, 2.75) is 13.8 Å². The van der Waals surface area contributed by atoms with Crippen molar-refractivity contribution >= 4 is 23.5 Å². The van der Waals surface area contributed by atoms with Gasteiger partial charge in [-0.25, -0.2) is 4.68 Å². The first-order valence-electron chi connectivity index (χ1n) is 7.37. The minimum Gasteiger partial charge on any atom is -0.506 e. The standard InChI is InChI=1S/C18H16ClN3O2/c1-11-3-6-14(7-4-11)22-18(24)15(12(2)21-22)10-20-16-9-13(19)5-8-17(16)23/h3-10,21,23H,1-2H3. The molecule has 24 heavy (non-hydrogen) atoms. The molecule has 1 aromatic heterocycles. The number of hydrogen-bond donors (Lipinski definition) is 2. The van der Waals surface area contributed by atoms with Gasteiger partial charge in [0.05, 0.1) is 11.3 Å². The van der Waals surface area contributed by atoms with Crippen LogP contribution in [0, 0.1) is 13.8 Å². The molecule has 0 unspecified atom stereocenters. The Hall–Kier alpha value is -2.79. The summed E-state index contributed by atoms with van der Waals surface area (Å²) in [7, 11) is 0. The summed E-state index contributed by atoms with van der Waals surface area (Å²) in [4.78, 5) is 16.8. The summed E-state index contributed by atoms with van der Waals surface area (Å²) < 4.78 is 1.47. The molecular weight excluding hydrogens is 326 g/mol. The molecule has 0 radical (unpaired) electrons. The highest BCUT2D eigenvalue weighted by molar-refractivity contribution is 6.30. The number of rotatable bonds is 3. The van der Waals surface area contributed by atoms with Crippen molar-refractivity contribution in [3.8, 4) is 11.4 Å². The van der Waals surface area contributed by atoms with Crippen LogP contribution in [0.15, 0.2) is 52.3 Å². The van der Waals surface area contributed by atoms with Gasteiger partial charge in [0, 0.05) is 16.9 Å². The number of aromatic nitrogens is 2. The lowest BCUT2D eigenvalue weighted by Gasteiger charge is -2.01. The molecule has 0 spiro atoms. The first-order chi connectivity index (χ1) is 11.5. The van der Waals surface area contributed by atoms with E-state index in [2.05, 4.69) is 10.1 Å². The number of aliphatic imine (C=N–C) groups is 1. The molecule has 0 bridgehead atoms. The zero-order valence-electron chi connectivity index (χ0n) is 13.2. The van der Waals surface area contributed by atoms with Crippen molar-refractivity contribution in [2.24, 2.45) is 4.99 Å². The summed E-state index contributed by atoms with van der Waals surface area (Å²) in [6.07, 6.45) is 1.43. The zero-order chi connectivity index (χ0) is 17.3. The van der Waals surface area contributed by atoms with Crippen molar-refractivity contribution in [2.75, 3.05) is 0 Å². The zero-order valence-corrected chi connectivity index (χ0v) is 14.0. The SMILES string of the molecule is Cc1ccc(-n2[nH]c(C)c(C=Nc3cc(Cl)ccc3O)c2=O)cc1. The molecule has 3 aromatic rings. The van der Waals surface area contributed by atoms with Gasteiger partial charge in [-0.05, 0) is 44.2 Å². The van der Waals surface area contributed by atoms with Crippen LogP contribution < -0.4 is 5.56 Å². The molecule has 1 heterocycles. The predicted molar refractivity (Wildman–Crippen MR) is 96.2 cm³/mol. The Morgan fingerprint density at radius 2 is 1.88 bits per heavy atom. The van der Waals surface area contributed by atoms with E-state index < -0.39 is 0 Å². The normalized spacial score (nSPS) is 11.3. The third-order valence-electron chi connectivity index (χ3n) is 3.68. The Kier molecular flexibility index (Phi) is 4.27. The maximum Gasteiger partial charge on any atom is 0.280 e. The quantitative estimate of drug-likeness (QED) is 0.709. The highest BCUT2D eigenvalue weighted by Crippen LogP contribution is 2.29. The maximum atomic E-state index is 12.6. The number of aromatic amines is 1. The van der Waals surface area contributed by atoms with E-state index >= 15 is 0 Å². The van der Waals surface area contributed by atoms with Crippen molar-refractivity contribution in [3.63, 3.8) is 0 Å². The fourth-order valence-corrected chi connectivity index (χ4v) is 2.49. The molecule has 2 N–H and O–H groups in total. The van der Waals surface area contributed by atoms with Crippen LogP contribution in [0.3, 0.4) is 0 Å². The second kappa shape index (κ2) is 6.37. The summed E-state index contributed by atoms with van der Waals surface area (Å²) in [5.74, 6) is 0.00250. The van der Waals surface area contributed by atoms with E-state index in [-0.39, 0.29) is 11.3 Å². The average Bonchev–Trinajstić information content (AvgIpc) is 2.84. The average molecular weight is 342 g/mol. The van der Waals surface area contributed by atoms with E-state index in [1.165, 1.54) is 23.0 Å². The second-order valence-corrected chi connectivity index (χ2v) is 5.95. The van der Waals surface area contributed by atoms with Crippen molar-refractivity contribution in [1.29, 1.82) is 0 Å². The Morgan fingerprint density at radius 3 is 2.58 bits per heavy atom. The molecule has 0 aliphatic carbocycles. The second-order valence-electron chi connectivity index (χ2n) is 5.52. The summed E-state index contributed by atoms with van der Waals surface area (Å²) in [5.41, 5.74) is 3.08. The van der Waals surface area contributed by atoms with E-state index in [1.54, 1.807) is 13.0 Å². The fraction of sp³-hybridized carbons (Fsp3) is 0.111. The molecule has 0 amide bonds. The molecule has 3 rings (SSSR count). The minimum atomic E-state index is -0.207. The third-order valence-corrected chi connectivity index (χ3v) is 3.91. The number of H-pyrrole nitrogens is 1. The van der Waals surface area contributed by atoms with E-state index in [1.807, 2.05) is 31.2 Å². The Balaban J connectivity index is 2.01. The smallest absolute Gasteiger partial charge is 0.280 e. The Bertz CT molecular complexity index is 969. The van der Waals surface area contributed by atoms with Crippen molar-refractivity contribution in [3.05, 3.63) is 74.7 Å². The molecule has 0 saturated heterocycles. The Morgan fingerprint density at radius 1 is 1.17 bits per heavy atom. The number of benzene rings is 2. The van der Waals surface area contributed by atoms with E-state index in [0.29, 0.717) is 22.0 Å². The molecule has 0 saturated carbocycles. The summed E-state index contributed by atoms with van der Waals surface area (Å²) in [5, 5.41) is 13.3. The van der Waals surface area contributed by atoms with Gasteiger partial charge < -0.3 is 5.11 Å². The highest BCUT2D eigenvalue weighted by Gasteiger charge is 2.11. The van der Waals surface area contributed by atoms with Crippen LogP contribution in [-0.2, 0) is 0 Å². The molecule has 6 heteroatoms. The number of halogens is 1. The van der Waals surface area contributed by atoms with Crippen LogP contribution >= 0.6 is 11.6 Å². The van der Waals surface area contributed by atoms with Gasteiger partial charge in [0.25, 0.3) is 5.56 Å². The van der Waals surface area contributed by atoms with Gasteiger partial charge in [-0.15, -0.1) is 0 Å². The van der Waals surface area contributed by atoms with Crippen molar-refractivity contribution < 1.29 is 5.11 Å². The number of phenols is 1. The molecule has 122 valence electrons. The lowest BCUT2D eigenvalue weighted by atomic mass is 10.2. The third kappa shape index (κ3) is 3.12. The summed E-state index contributed by atoms with van der Waals surface area (Å²) in [6.45, 7) is 3.79. The number of aryl methyl sites for hydroxylation is 2. The first-order valence-corrected chi connectivity index (χ1v) is 7.75. The number of phenolic OH excluding ortho intramolecular Hbond substituents is 1. The maximum absolute atomic E-state index is 12.6. The van der Waals surface area contributed by atoms with Gasteiger partial charge in [0.15, 0.2) is 0 Å². The molecular formula is C18H16ClN3O2. The summed E-state index contributed by atoms with van der Waals surface area (Å²) >= 11 is 5.90. The van der Waals surface area contributed by atoms with Crippen LogP contribution in [0.25, 0.3) is 5.69 Å². The van der Waals surface area contributed by atoms with Crippen LogP contribution in [0.1, 0.15) is 16.8 Å². The van der Waals surface area contributed by atoms with Gasteiger partial charge in [-0.2, -0.15) is 0 Å². The van der Waals surface area contributed by atoms with Crippen LogP contribution in [0.5, 0.6) is 5.75 Å². The largest absolute Gasteiger partial charge is 0.506 e. The van der Waals surface area contributed by atoms with Crippen LogP contribution in [0.4, 0.5) is 5.69 Å². The predicted octanol–water partition coefficient (Wildman–Crippen LogP) is 3.89. The highest BCUT2D eigenvalue weighted by atomic mass is 35.5. The Labute approximate surface area is 143 Å². The molecule has 0 fully saturated rings. The van der Waals surface area contributed by atoms with Gasteiger partial charge >= 0.3 is 0 Å². The van der Waals surface area contributed by atoms with E-state index in [9.17, 15) is 9.90 Å². The van der Waals surface area contributed by atoms with Crippen molar-refractivity contribution in [1.82, 2.24) is 9.78 Å². The van der Waals surface area contributed by atoms with Gasteiger partial charge in [0.2, 0.25) is 0 Å². The molecule has 5 nitrogen and oxygen atoms in total. The van der Waals surface area contributed by atoms with Crippen LogP contribution in [0.2, 0.25) is 5.02 Å².